The van der Waals surface area contributed by atoms with Crippen LogP contribution in [0, 0.1) is 0 Å². The molecule has 0 bridgehead atoms. The summed E-state index contributed by atoms with van der Waals surface area (Å²) in [4.78, 5) is 1.02. The molecule has 0 unspecified atom stereocenters. The number of sulfonamides is 1. The Morgan fingerprint density at radius 3 is 2.60 bits per heavy atom. The minimum absolute atomic E-state index is 0.0570. The number of nitrogens with zero attached hydrogens (tertiary/aromatic N) is 1. The summed E-state index contributed by atoms with van der Waals surface area (Å²) >= 11 is 1.70. The van der Waals surface area contributed by atoms with Gasteiger partial charge >= 0.3 is 0 Å². The van der Waals surface area contributed by atoms with E-state index in [-0.39, 0.29) is 5.75 Å². The molecule has 5 nitrogen and oxygen atoms in total. The second-order valence-electron chi connectivity index (χ2n) is 5.64. The number of anilines is 1. The van der Waals surface area contributed by atoms with E-state index in [2.05, 4.69) is 0 Å². The van der Waals surface area contributed by atoms with Crippen molar-refractivity contribution in [2.45, 2.75) is 11.3 Å². The number of fused-ring (bicyclic) bond motifs is 1. The number of hydrogen-bond acceptors (Lipinski definition) is 5. The van der Waals surface area contributed by atoms with Crippen LogP contribution in [0.25, 0.3) is 0 Å². The molecule has 0 atom stereocenters. The number of hydrogen-bond donors (Lipinski definition) is 0. The van der Waals surface area contributed by atoms with Crippen molar-refractivity contribution in [1.82, 2.24) is 0 Å². The summed E-state index contributed by atoms with van der Waals surface area (Å²) in [5, 5.41) is 0. The third-order valence-electron chi connectivity index (χ3n) is 4.12. The number of para-hydroxylation sites is 1. The van der Waals surface area contributed by atoms with Crippen molar-refractivity contribution in [3.05, 3.63) is 48.0 Å². The Balaban J connectivity index is 1.77. The maximum atomic E-state index is 12.9. The molecule has 0 N–H and O–H groups in total. The zero-order chi connectivity index (χ0) is 17.9. The lowest BCUT2D eigenvalue weighted by atomic mass is 10.1. The summed E-state index contributed by atoms with van der Waals surface area (Å²) in [5.74, 6) is 2.07. The van der Waals surface area contributed by atoms with Crippen LogP contribution in [-0.4, -0.2) is 40.7 Å². The van der Waals surface area contributed by atoms with Gasteiger partial charge in [0.05, 0.1) is 25.7 Å². The van der Waals surface area contributed by atoms with Gasteiger partial charge in [0.25, 0.3) is 0 Å². The van der Waals surface area contributed by atoms with Gasteiger partial charge in [-0.2, -0.15) is 0 Å². The SMILES string of the molecule is COc1ccc(CCS(=O)(=O)N2CCSc3ccccc32)cc1OC. The molecule has 1 heterocycles. The Hall–Kier alpha value is -1.86. The van der Waals surface area contributed by atoms with Gasteiger partial charge in [-0.15, -0.1) is 11.8 Å². The molecule has 134 valence electrons. The average molecular weight is 380 g/mol. The molecule has 1 aliphatic heterocycles. The van der Waals surface area contributed by atoms with Gasteiger partial charge in [0.15, 0.2) is 11.5 Å². The third-order valence-corrected chi connectivity index (χ3v) is 6.93. The molecule has 0 saturated carbocycles. The van der Waals surface area contributed by atoms with E-state index in [0.29, 0.717) is 24.5 Å². The maximum Gasteiger partial charge on any atom is 0.235 e. The first-order valence-electron chi connectivity index (χ1n) is 7.98. The number of rotatable bonds is 6. The number of aryl methyl sites for hydroxylation is 1. The summed E-state index contributed by atoms with van der Waals surface area (Å²) < 4.78 is 37.8. The third kappa shape index (κ3) is 3.88. The van der Waals surface area contributed by atoms with E-state index in [1.54, 1.807) is 36.4 Å². The number of ether oxygens (including phenoxy) is 2. The lowest BCUT2D eigenvalue weighted by molar-refractivity contribution is 0.354. The zero-order valence-electron chi connectivity index (χ0n) is 14.3. The van der Waals surface area contributed by atoms with Crippen molar-refractivity contribution in [2.24, 2.45) is 0 Å². The van der Waals surface area contributed by atoms with Crippen LogP contribution in [0.3, 0.4) is 0 Å². The molecular formula is C18H21NO4S2. The highest BCUT2D eigenvalue weighted by atomic mass is 32.2. The minimum atomic E-state index is -3.38. The molecule has 2 aromatic rings. The second kappa shape index (κ2) is 7.58. The summed E-state index contributed by atoms with van der Waals surface area (Å²) in [6, 6.07) is 13.2. The van der Waals surface area contributed by atoms with Crippen molar-refractivity contribution < 1.29 is 17.9 Å². The minimum Gasteiger partial charge on any atom is -0.493 e. The summed E-state index contributed by atoms with van der Waals surface area (Å²) in [6.07, 6.45) is 0.425. The van der Waals surface area contributed by atoms with E-state index in [0.717, 1.165) is 21.9 Å². The summed E-state index contributed by atoms with van der Waals surface area (Å²) in [5.41, 5.74) is 1.69. The normalized spacial score (nSPS) is 14.1. The van der Waals surface area contributed by atoms with Gasteiger partial charge in [0, 0.05) is 17.2 Å². The maximum absolute atomic E-state index is 12.9. The van der Waals surface area contributed by atoms with Gasteiger partial charge in [0.1, 0.15) is 0 Å². The van der Waals surface area contributed by atoms with Crippen LogP contribution >= 0.6 is 11.8 Å². The molecule has 0 aromatic heterocycles. The molecule has 0 amide bonds. The van der Waals surface area contributed by atoms with Gasteiger partial charge in [-0.25, -0.2) is 8.42 Å². The highest BCUT2D eigenvalue weighted by Crippen LogP contribution is 2.36. The van der Waals surface area contributed by atoms with Crippen LogP contribution < -0.4 is 13.8 Å². The zero-order valence-corrected chi connectivity index (χ0v) is 15.9. The smallest absolute Gasteiger partial charge is 0.235 e. The number of benzene rings is 2. The van der Waals surface area contributed by atoms with Crippen molar-refractivity contribution in [3.63, 3.8) is 0 Å². The largest absolute Gasteiger partial charge is 0.493 e. The molecule has 7 heteroatoms. The van der Waals surface area contributed by atoms with Crippen LogP contribution in [0.2, 0.25) is 0 Å². The van der Waals surface area contributed by atoms with Crippen molar-refractivity contribution in [3.8, 4) is 11.5 Å². The molecule has 0 radical (unpaired) electrons. The highest BCUT2D eigenvalue weighted by Gasteiger charge is 2.27. The molecule has 25 heavy (non-hydrogen) atoms. The number of thioether (sulfide) groups is 1. The van der Waals surface area contributed by atoms with Crippen molar-refractivity contribution in [1.29, 1.82) is 0 Å². The molecule has 0 fully saturated rings. The first-order valence-corrected chi connectivity index (χ1v) is 10.6. The van der Waals surface area contributed by atoms with Gasteiger partial charge in [-0.3, -0.25) is 4.31 Å². The fraction of sp³-hybridized carbons (Fsp3) is 0.333. The molecule has 0 aliphatic carbocycles. The van der Waals surface area contributed by atoms with Gasteiger partial charge in [0.2, 0.25) is 10.0 Å². The molecular weight excluding hydrogens is 358 g/mol. The van der Waals surface area contributed by atoms with E-state index in [4.69, 9.17) is 9.47 Å². The van der Waals surface area contributed by atoms with Crippen LogP contribution in [0.15, 0.2) is 47.4 Å². The van der Waals surface area contributed by atoms with E-state index in [9.17, 15) is 8.42 Å². The highest BCUT2D eigenvalue weighted by molar-refractivity contribution is 8.00. The van der Waals surface area contributed by atoms with E-state index in [1.807, 2.05) is 36.4 Å². The lowest BCUT2D eigenvalue weighted by Crippen LogP contribution is -2.37. The van der Waals surface area contributed by atoms with Gasteiger partial charge in [-0.05, 0) is 36.2 Å². The lowest BCUT2D eigenvalue weighted by Gasteiger charge is -2.30. The predicted molar refractivity (Wildman–Crippen MR) is 102 cm³/mol. The van der Waals surface area contributed by atoms with Crippen molar-refractivity contribution in [2.75, 3.05) is 36.6 Å². The Labute approximate surface area is 153 Å². The van der Waals surface area contributed by atoms with Crippen LogP contribution in [0.1, 0.15) is 5.56 Å². The van der Waals surface area contributed by atoms with E-state index in [1.165, 1.54) is 0 Å². The van der Waals surface area contributed by atoms with Crippen LogP contribution in [0.4, 0.5) is 5.69 Å². The average Bonchev–Trinajstić information content (AvgIpc) is 2.65. The molecule has 3 rings (SSSR count). The predicted octanol–water partition coefficient (Wildman–Crippen LogP) is 3.19. The number of methoxy groups -OCH3 is 2. The van der Waals surface area contributed by atoms with Gasteiger partial charge < -0.3 is 9.47 Å². The molecule has 0 saturated heterocycles. The standard InChI is InChI=1S/C18H21NO4S2/c1-22-16-8-7-14(13-17(16)23-2)9-12-25(20,21)19-10-11-24-18-6-4-3-5-15(18)19/h3-8,13H,9-12H2,1-2H3. The fourth-order valence-corrected chi connectivity index (χ4v) is 5.54. The summed E-state index contributed by atoms with van der Waals surface area (Å²) in [7, 11) is -0.235. The Bertz CT molecular complexity index is 852. The van der Waals surface area contributed by atoms with E-state index >= 15 is 0 Å². The molecule has 0 spiro atoms. The van der Waals surface area contributed by atoms with Crippen LogP contribution in [-0.2, 0) is 16.4 Å². The Kier molecular flexibility index (Phi) is 5.44. The van der Waals surface area contributed by atoms with Gasteiger partial charge in [-0.1, -0.05) is 18.2 Å². The second-order valence-corrected chi connectivity index (χ2v) is 8.79. The quantitative estimate of drug-likeness (QED) is 0.772. The first kappa shape index (κ1) is 17.9. The van der Waals surface area contributed by atoms with Crippen LogP contribution in [0.5, 0.6) is 11.5 Å². The molecule has 2 aromatic carbocycles. The molecule has 1 aliphatic rings. The topological polar surface area (TPSA) is 55.8 Å². The fourth-order valence-electron chi connectivity index (χ4n) is 2.83. The monoisotopic (exact) mass is 379 g/mol. The van der Waals surface area contributed by atoms with E-state index < -0.39 is 10.0 Å². The van der Waals surface area contributed by atoms with Crippen molar-refractivity contribution >= 4 is 27.5 Å². The first-order chi connectivity index (χ1) is 12.0. The Morgan fingerprint density at radius 1 is 1.08 bits per heavy atom. The summed E-state index contributed by atoms with van der Waals surface area (Å²) in [6.45, 7) is 0.510. The Morgan fingerprint density at radius 2 is 1.84 bits per heavy atom.